The van der Waals surface area contributed by atoms with E-state index in [9.17, 15) is 0 Å². The van der Waals surface area contributed by atoms with E-state index in [1.54, 1.807) is 11.1 Å². The van der Waals surface area contributed by atoms with E-state index >= 15 is 0 Å². The Balaban J connectivity index is 2.15. The van der Waals surface area contributed by atoms with Gasteiger partial charge in [0.15, 0.2) is 0 Å². The van der Waals surface area contributed by atoms with Crippen molar-refractivity contribution in [2.75, 3.05) is 7.05 Å². The molecule has 0 bridgehead atoms. The topological polar surface area (TPSA) is 12.0 Å². The number of fused-ring (bicyclic) bond motifs is 1. The van der Waals surface area contributed by atoms with Gasteiger partial charge in [-0.25, -0.2) is 0 Å². The van der Waals surface area contributed by atoms with E-state index in [-0.39, 0.29) is 0 Å². The van der Waals surface area contributed by atoms with Crippen molar-refractivity contribution in [2.24, 2.45) is 5.92 Å². The van der Waals surface area contributed by atoms with Gasteiger partial charge in [-0.05, 0) is 55.7 Å². The van der Waals surface area contributed by atoms with Gasteiger partial charge in [-0.1, -0.05) is 51.0 Å². The molecule has 1 aliphatic carbocycles. The van der Waals surface area contributed by atoms with Crippen molar-refractivity contribution < 1.29 is 0 Å². The van der Waals surface area contributed by atoms with Crippen LogP contribution in [0.1, 0.15) is 63.0 Å². The largest absolute Gasteiger partial charge is 0.316 e. The SMILES string of the molecule is CCC(CC)CC(NC)C1CCCc2ccccc21. The normalized spacial score (nSPS) is 20.3. The highest BCUT2D eigenvalue weighted by Gasteiger charge is 2.27. The van der Waals surface area contributed by atoms with Gasteiger partial charge in [0.05, 0.1) is 0 Å². The van der Waals surface area contributed by atoms with Crippen LogP contribution in [0, 0.1) is 5.92 Å². The first-order valence-corrected chi connectivity index (χ1v) is 8.05. The number of benzene rings is 1. The average molecular weight is 259 g/mol. The summed E-state index contributed by atoms with van der Waals surface area (Å²) >= 11 is 0. The minimum atomic E-state index is 0.645. The first-order valence-electron chi connectivity index (χ1n) is 8.05. The van der Waals surface area contributed by atoms with Crippen LogP contribution in [-0.4, -0.2) is 13.1 Å². The van der Waals surface area contributed by atoms with Gasteiger partial charge >= 0.3 is 0 Å². The summed E-state index contributed by atoms with van der Waals surface area (Å²) in [5, 5.41) is 3.61. The molecule has 0 fully saturated rings. The van der Waals surface area contributed by atoms with Crippen molar-refractivity contribution in [1.29, 1.82) is 0 Å². The van der Waals surface area contributed by atoms with E-state index in [0.717, 1.165) is 11.8 Å². The van der Waals surface area contributed by atoms with Crippen LogP contribution in [0.25, 0.3) is 0 Å². The fraction of sp³-hybridized carbons (Fsp3) is 0.667. The number of hydrogen-bond donors (Lipinski definition) is 1. The summed E-state index contributed by atoms with van der Waals surface area (Å²) in [6.07, 6.45) is 7.91. The quantitative estimate of drug-likeness (QED) is 0.792. The van der Waals surface area contributed by atoms with Crippen LogP contribution in [0.2, 0.25) is 0 Å². The Morgan fingerprint density at radius 2 is 1.95 bits per heavy atom. The average Bonchev–Trinajstić information content (AvgIpc) is 2.48. The molecule has 1 nitrogen and oxygen atoms in total. The molecular weight excluding hydrogens is 230 g/mol. The van der Waals surface area contributed by atoms with Gasteiger partial charge in [0.25, 0.3) is 0 Å². The third-order valence-electron chi connectivity index (χ3n) is 5.01. The number of aryl methyl sites for hydroxylation is 1. The Morgan fingerprint density at radius 1 is 1.21 bits per heavy atom. The minimum Gasteiger partial charge on any atom is -0.316 e. The highest BCUT2D eigenvalue weighted by atomic mass is 14.9. The summed E-state index contributed by atoms with van der Waals surface area (Å²) in [6.45, 7) is 4.66. The molecule has 1 N–H and O–H groups in total. The van der Waals surface area contributed by atoms with E-state index in [1.165, 1.54) is 38.5 Å². The molecule has 0 amide bonds. The molecule has 0 saturated heterocycles. The minimum absolute atomic E-state index is 0.645. The molecule has 1 aliphatic rings. The van der Waals surface area contributed by atoms with Crippen LogP contribution < -0.4 is 5.32 Å². The lowest BCUT2D eigenvalue weighted by molar-refractivity contribution is 0.322. The zero-order valence-electron chi connectivity index (χ0n) is 12.8. The molecule has 2 rings (SSSR count). The van der Waals surface area contributed by atoms with Crippen molar-refractivity contribution in [1.82, 2.24) is 5.32 Å². The molecule has 0 aromatic heterocycles. The smallest absolute Gasteiger partial charge is 0.0135 e. The first kappa shape index (κ1) is 14.6. The summed E-state index contributed by atoms with van der Waals surface area (Å²) in [7, 11) is 2.14. The maximum Gasteiger partial charge on any atom is 0.0135 e. The van der Waals surface area contributed by atoms with E-state index in [1.807, 2.05) is 0 Å². The van der Waals surface area contributed by atoms with Crippen LogP contribution in [0.5, 0.6) is 0 Å². The molecule has 1 aromatic carbocycles. The summed E-state index contributed by atoms with van der Waals surface area (Å²) in [5.41, 5.74) is 3.20. The van der Waals surface area contributed by atoms with E-state index in [0.29, 0.717) is 6.04 Å². The third kappa shape index (κ3) is 3.39. The third-order valence-corrected chi connectivity index (χ3v) is 5.01. The summed E-state index contributed by atoms with van der Waals surface area (Å²) in [5.74, 6) is 1.59. The summed E-state index contributed by atoms with van der Waals surface area (Å²) in [6, 6.07) is 9.73. The number of nitrogens with one attached hydrogen (secondary N) is 1. The lowest BCUT2D eigenvalue weighted by Gasteiger charge is -2.34. The van der Waals surface area contributed by atoms with Gasteiger partial charge in [-0.15, -0.1) is 0 Å². The van der Waals surface area contributed by atoms with Crippen LogP contribution in [0.15, 0.2) is 24.3 Å². The molecule has 1 heteroatoms. The van der Waals surface area contributed by atoms with Gasteiger partial charge in [0, 0.05) is 6.04 Å². The zero-order chi connectivity index (χ0) is 13.7. The van der Waals surface area contributed by atoms with E-state index < -0.39 is 0 Å². The monoisotopic (exact) mass is 259 g/mol. The number of likely N-dealkylation sites (N-methyl/N-ethyl adjacent to an activating group) is 1. The van der Waals surface area contributed by atoms with Gasteiger partial charge in [0.2, 0.25) is 0 Å². The maximum atomic E-state index is 3.61. The standard InChI is InChI=1S/C18H29N/c1-4-14(5-2)13-18(19-3)17-12-8-10-15-9-6-7-11-16(15)17/h6-7,9,11,14,17-19H,4-5,8,10,12-13H2,1-3H3. The first-order chi connectivity index (χ1) is 9.30. The zero-order valence-corrected chi connectivity index (χ0v) is 12.8. The molecular formula is C18H29N. The van der Waals surface area contributed by atoms with Gasteiger partial charge in [-0.2, -0.15) is 0 Å². The molecule has 0 aliphatic heterocycles. The van der Waals surface area contributed by atoms with Crippen LogP contribution in [0.4, 0.5) is 0 Å². The Morgan fingerprint density at radius 3 is 2.63 bits per heavy atom. The van der Waals surface area contributed by atoms with Crippen molar-refractivity contribution >= 4 is 0 Å². The molecule has 0 radical (unpaired) electrons. The lowest BCUT2D eigenvalue weighted by Crippen LogP contribution is -2.35. The van der Waals surface area contributed by atoms with Gasteiger partial charge in [0.1, 0.15) is 0 Å². The summed E-state index contributed by atoms with van der Waals surface area (Å²) < 4.78 is 0. The second-order valence-electron chi connectivity index (χ2n) is 6.01. The molecule has 2 atom stereocenters. The van der Waals surface area contributed by atoms with Crippen LogP contribution in [0.3, 0.4) is 0 Å². The van der Waals surface area contributed by atoms with Crippen molar-refractivity contribution in [3.63, 3.8) is 0 Å². The van der Waals surface area contributed by atoms with Crippen molar-refractivity contribution in [2.45, 2.75) is 64.3 Å². The predicted octanol–water partition coefficient (Wildman–Crippen LogP) is 4.52. The number of hydrogen-bond acceptors (Lipinski definition) is 1. The second-order valence-corrected chi connectivity index (χ2v) is 6.01. The molecule has 0 heterocycles. The van der Waals surface area contributed by atoms with Crippen molar-refractivity contribution in [3.05, 3.63) is 35.4 Å². The second kappa shape index (κ2) is 7.09. The van der Waals surface area contributed by atoms with Crippen LogP contribution in [-0.2, 0) is 6.42 Å². The molecule has 106 valence electrons. The van der Waals surface area contributed by atoms with Gasteiger partial charge < -0.3 is 5.32 Å². The Labute approximate surface area is 118 Å². The maximum absolute atomic E-state index is 3.61. The van der Waals surface area contributed by atoms with Crippen molar-refractivity contribution in [3.8, 4) is 0 Å². The summed E-state index contributed by atoms with van der Waals surface area (Å²) in [4.78, 5) is 0. The molecule has 0 spiro atoms. The number of rotatable bonds is 6. The van der Waals surface area contributed by atoms with Gasteiger partial charge in [-0.3, -0.25) is 0 Å². The Kier molecular flexibility index (Phi) is 5.45. The predicted molar refractivity (Wildman–Crippen MR) is 83.7 cm³/mol. The lowest BCUT2D eigenvalue weighted by atomic mass is 9.76. The Hall–Kier alpha value is -0.820. The Bertz CT molecular complexity index is 381. The fourth-order valence-electron chi connectivity index (χ4n) is 3.67. The molecule has 19 heavy (non-hydrogen) atoms. The van der Waals surface area contributed by atoms with Crippen LogP contribution >= 0.6 is 0 Å². The molecule has 0 saturated carbocycles. The van der Waals surface area contributed by atoms with E-state index in [2.05, 4.69) is 50.5 Å². The van der Waals surface area contributed by atoms with E-state index in [4.69, 9.17) is 0 Å². The highest BCUT2D eigenvalue weighted by molar-refractivity contribution is 5.33. The fourth-order valence-corrected chi connectivity index (χ4v) is 3.67. The highest BCUT2D eigenvalue weighted by Crippen LogP contribution is 2.36. The molecule has 2 unspecified atom stereocenters. The molecule has 1 aromatic rings.